The number of hydrogen-bond donors (Lipinski definition) is 2. The van der Waals surface area contributed by atoms with E-state index in [1.54, 1.807) is 0 Å². The van der Waals surface area contributed by atoms with Crippen LogP contribution in [0.15, 0.2) is 0 Å². The topological polar surface area (TPSA) is 32.3 Å². The molecule has 1 aliphatic carbocycles. The Morgan fingerprint density at radius 1 is 1.20 bits per heavy atom. The van der Waals surface area contributed by atoms with E-state index >= 15 is 0 Å². The van der Waals surface area contributed by atoms with Crippen molar-refractivity contribution in [2.45, 2.75) is 65.0 Å². The van der Waals surface area contributed by atoms with E-state index in [0.717, 1.165) is 18.9 Å². The van der Waals surface area contributed by atoms with E-state index in [0.29, 0.717) is 12.0 Å². The summed E-state index contributed by atoms with van der Waals surface area (Å²) in [5, 5.41) is 13.2. The van der Waals surface area contributed by atoms with Crippen LogP contribution in [0.1, 0.15) is 52.9 Å². The third-order valence-corrected chi connectivity index (χ3v) is 3.40. The fourth-order valence-electron chi connectivity index (χ4n) is 2.39. The molecule has 2 heteroatoms. The summed E-state index contributed by atoms with van der Waals surface area (Å²) in [6.07, 6.45) is 6.02. The van der Waals surface area contributed by atoms with E-state index in [2.05, 4.69) is 26.1 Å². The Morgan fingerprint density at radius 2 is 1.80 bits per heavy atom. The number of hydrogen-bond acceptors (Lipinski definition) is 2. The molecule has 1 aliphatic rings. The minimum absolute atomic E-state index is 0.163. The first-order chi connectivity index (χ1) is 7.08. The summed E-state index contributed by atoms with van der Waals surface area (Å²) in [6, 6.07) is 0.656. The van der Waals surface area contributed by atoms with Crippen LogP contribution in [0.25, 0.3) is 0 Å². The van der Waals surface area contributed by atoms with Crippen molar-refractivity contribution in [1.82, 2.24) is 5.32 Å². The molecular formula is C13H27NO. The van der Waals surface area contributed by atoms with Gasteiger partial charge in [-0.3, -0.25) is 0 Å². The first-order valence-corrected chi connectivity index (χ1v) is 6.49. The minimum Gasteiger partial charge on any atom is -0.392 e. The third kappa shape index (κ3) is 5.53. The van der Waals surface area contributed by atoms with E-state index < -0.39 is 0 Å². The standard InChI is InChI=1S/C13H27NO/c1-10(2)8-13(15)9-14-12-6-4-11(3)5-7-12/h10-15H,4-9H2,1-3H3. The highest BCUT2D eigenvalue weighted by Crippen LogP contribution is 2.23. The van der Waals surface area contributed by atoms with Gasteiger partial charge < -0.3 is 10.4 Å². The highest BCUT2D eigenvalue weighted by molar-refractivity contribution is 4.76. The summed E-state index contributed by atoms with van der Waals surface area (Å²) >= 11 is 0. The Hall–Kier alpha value is -0.0800. The van der Waals surface area contributed by atoms with Gasteiger partial charge in [0, 0.05) is 12.6 Å². The van der Waals surface area contributed by atoms with Crippen LogP contribution in [0, 0.1) is 11.8 Å². The van der Waals surface area contributed by atoms with E-state index in [9.17, 15) is 5.11 Å². The zero-order valence-electron chi connectivity index (χ0n) is 10.5. The summed E-state index contributed by atoms with van der Waals surface area (Å²) in [5.41, 5.74) is 0. The fraction of sp³-hybridized carbons (Fsp3) is 1.00. The van der Waals surface area contributed by atoms with Crippen LogP contribution in [-0.4, -0.2) is 23.8 Å². The Morgan fingerprint density at radius 3 is 2.33 bits per heavy atom. The smallest absolute Gasteiger partial charge is 0.0667 e. The van der Waals surface area contributed by atoms with Crippen LogP contribution in [0.4, 0.5) is 0 Å². The Kier molecular flexibility index (Phi) is 5.62. The van der Waals surface area contributed by atoms with E-state index in [-0.39, 0.29) is 6.10 Å². The second-order valence-corrected chi connectivity index (χ2v) is 5.65. The van der Waals surface area contributed by atoms with Crippen LogP contribution in [-0.2, 0) is 0 Å². The van der Waals surface area contributed by atoms with E-state index in [1.807, 2.05) is 0 Å². The lowest BCUT2D eigenvalue weighted by molar-refractivity contribution is 0.138. The molecule has 0 saturated heterocycles. The molecule has 90 valence electrons. The normalized spacial score (nSPS) is 29.4. The molecule has 1 fully saturated rings. The van der Waals surface area contributed by atoms with Gasteiger partial charge in [0.15, 0.2) is 0 Å². The van der Waals surface area contributed by atoms with Gasteiger partial charge in [-0.25, -0.2) is 0 Å². The Balaban J connectivity index is 2.09. The van der Waals surface area contributed by atoms with Crippen molar-refractivity contribution in [2.75, 3.05) is 6.54 Å². The van der Waals surface area contributed by atoms with Crippen molar-refractivity contribution >= 4 is 0 Å². The average Bonchev–Trinajstić information content (AvgIpc) is 2.16. The van der Waals surface area contributed by atoms with Crippen LogP contribution in [0.2, 0.25) is 0 Å². The second kappa shape index (κ2) is 6.49. The number of aliphatic hydroxyl groups excluding tert-OH is 1. The SMILES string of the molecule is CC(C)CC(O)CNC1CCC(C)CC1. The van der Waals surface area contributed by atoms with Crippen LogP contribution in [0.3, 0.4) is 0 Å². The summed E-state index contributed by atoms with van der Waals surface area (Å²) in [5.74, 6) is 1.50. The number of aliphatic hydroxyl groups is 1. The van der Waals surface area contributed by atoms with E-state index in [4.69, 9.17) is 0 Å². The zero-order valence-corrected chi connectivity index (χ0v) is 10.5. The van der Waals surface area contributed by atoms with Gasteiger partial charge in [0.2, 0.25) is 0 Å². The quantitative estimate of drug-likeness (QED) is 0.735. The average molecular weight is 213 g/mol. The van der Waals surface area contributed by atoms with Gasteiger partial charge in [0.25, 0.3) is 0 Å². The van der Waals surface area contributed by atoms with Gasteiger partial charge in [-0.1, -0.05) is 20.8 Å². The summed E-state index contributed by atoms with van der Waals surface area (Å²) < 4.78 is 0. The number of nitrogens with one attached hydrogen (secondary N) is 1. The van der Waals surface area contributed by atoms with Gasteiger partial charge in [-0.2, -0.15) is 0 Å². The van der Waals surface area contributed by atoms with Gasteiger partial charge in [0.05, 0.1) is 6.10 Å². The van der Waals surface area contributed by atoms with Crippen molar-refractivity contribution < 1.29 is 5.11 Å². The molecular weight excluding hydrogens is 186 g/mol. The lowest BCUT2D eigenvalue weighted by atomic mass is 9.87. The molecule has 0 aromatic heterocycles. The fourth-order valence-corrected chi connectivity index (χ4v) is 2.39. The molecule has 0 heterocycles. The van der Waals surface area contributed by atoms with Crippen molar-refractivity contribution in [3.63, 3.8) is 0 Å². The molecule has 0 aromatic rings. The Labute approximate surface area is 94.5 Å². The maximum atomic E-state index is 9.74. The molecule has 2 N–H and O–H groups in total. The Bertz CT molecular complexity index is 162. The van der Waals surface area contributed by atoms with Gasteiger partial charge in [-0.15, -0.1) is 0 Å². The summed E-state index contributed by atoms with van der Waals surface area (Å²) in [4.78, 5) is 0. The molecule has 0 amide bonds. The molecule has 2 nitrogen and oxygen atoms in total. The molecule has 1 atom stereocenters. The monoisotopic (exact) mass is 213 g/mol. The lowest BCUT2D eigenvalue weighted by Gasteiger charge is -2.28. The highest BCUT2D eigenvalue weighted by atomic mass is 16.3. The zero-order chi connectivity index (χ0) is 11.3. The van der Waals surface area contributed by atoms with Crippen LogP contribution < -0.4 is 5.32 Å². The minimum atomic E-state index is -0.163. The number of rotatable bonds is 5. The third-order valence-electron chi connectivity index (χ3n) is 3.40. The van der Waals surface area contributed by atoms with Crippen LogP contribution in [0.5, 0.6) is 0 Å². The van der Waals surface area contributed by atoms with Gasteiger partial charge in [0.1, 0.15) is 0 Å². The predicted octanol–water partition coefficient (Wildman–Crippen LogP) is 2.56. The largest absolute Gasteiger partial charge is 0.392 e. The predicted molar refractivity (Wildman–Crippen MR) is 64.9 cm³/mol. The molecule has 0 aliphatic heterocycles. The molecule has 15 heavy (non-hydrogen) atoms. The molecule has 0 radical (unpaired) electrons. The van der Waals surface area contributed by atoms with Crippen molar-refractivity contribution in [1.29, 1.82) is 0 Å². The summed E-state index contributed by atoms with van der Waals surface area (Å²) in [7, 11) is 0. The molecule has 0 bridgehead atoms. The molecule has 1 rings (SSSR count). The molecule has 1 saturated carbocycles. The van der Waals surface area contributed by atoms with E-state index in [1.165, 1.54) is 25.7 Å². The maximum Gasteiger partial charge on any atom is 0.0667 e. The first kappa shape index (κ1) is 13.0. The van der Waals surface area contributed by atoms with Crippen LogP contribution >= 0.6 is 0 Å². The molecule has 0 spiro atoms. The second-order valence-electron chi connectivity index (χ2n) is 5.65. The summed E-state index contributed by atoms with van der Waals surface area (Å²) in [6.45, 7) is 7.43. The maximum absolute atomic E-state index is 9.74. The molecule has 0 aromatic carbocycles. The first-order valence-electron chi connectivity index (χ1n) is 6.49. The van der Waals surface area contributed by atoms with Crippen molar-refractivity contribution in [2.24, 2.45) is 11.8 Å². The molecule has 1 unspecified atom stereocenters. The lowest BCUT2D eigenvalue weighted by Crippen LogP contribution is -2.38. The van der Waals surface area contributed by atoms with Crippen molar-refractivity contribution in [3.05, 3.63) is 0 Å². The van der Waals surface area contributed by atoms with Gasteiger partial charge >= 0.3 is 0 Å². The highest BCUT2D eigenvalue weighted by Gasteiger charge is 2.18. The van der Waals surface area contributed by atoms with Crippen molar-refractivity contribution in [3.8, 4) is 0 Å². The van der Waals surface area contributed by atoms with Gasteiger partial charge in [-0.05, 0) is 43.9 Å².